The van der Waals surface area contributed by atoms with Crippen LogP contribution in [0.2, 0.25) is 0 Å². The number of hydrogen-bond acceptors (Lipinski definition) is 8. The number of benzene rings is 2. The molecule has 0 unspecified atom stereocenters. The maximum Gasteiger partial charge on any atom is 0.338 e. The van der Waals surface area contributed by atoms with Crippen molar-refractivity contribution in [3.63, 3.8) is 0 Å². The van der Waals surface area contributed by atoms with Gasteiger partial charge in [0.25, 0.3) is 0 Å². The van der Waals surface area contributed by atoms with Crippen molar-refractivity contribution in [1.29, 1.82) is 0 Å². The zero-order valence-corrected chi connectivity index (χ0v) is 19.3. The average Bonchev–Trinajstić information content (AvgIpc) is 2.79. The Labute approximate surface area is 189 Å². The molecule has 0 saturated carbocycles. The van der Waals surface area contributed by atoms with Crippen LogP contribution in [0.3, 0.4) is 0 Å². The first-order chi connectivity index (χ1) is 15.3. The van der Waals surface area contributed by atoms with E-state index >= 15 is 0 Å². The Bertz CT molecular complexity index is 781. The number of carbonyl (C=O) groups is 2. The first-order valence-corrected chi connectivity index (χ1v) is 10.5. The first-order valence-electron chi connectivity index (χ1n) is 10.5. The van der Waals surface area contributed by atoms with Gasteiger partial charge < -0.3 is 24.4 Å². The summed E-state index contributed by atoms with van der Waals surface area (Å²) in [5.41, 5.74) is 2.97. The van der Waals surface area contributed by atoms with Crippen LogP contribution in [0, 0.1) is 0 Å². The van der Waals surface area contributed by atoms with E-state index in [9.17, 15) is 14.7 Å². The molecule has 0 saturated heterocycles. The van der Waals surface area contributed by atoms with Gasteiger partial charge in [0, 0.05) is 59.2 Å². The number of nitrogens with zero attached hydrogens (tertiary/aromatic N) is 3. The summed E-state index contributed by atoms with van der Waals surface area (Å²) in [4.78, 5) is 30.2. The molecular formula is C24H33N3O5. The summed E-state index contributed by atoms with van der Waals surface area (Å²) in [6.07, 6.45) is 0. The highest BCUT2D eigenvalue weighted by molar-refractivity contribution is 5.90. The molecule has 0 heterocycles. The zero-order valence-electron chi connectivity index (χ0n) is 19.3. The minimum Gasteiger partial charge on any atom is -0.461 e. The van der Waals surface area contributed by atoms with Crippen molar-refractivity contribution in [2.45, 2.75) is 0 Å². The predicted octanol–water partition coefficient (Wildman–Crippen LogP) is 2.13. The van der Waals surface area contributed by atoms with Gasteiger partial charge >= 0.3 is 11.9 Å². The molecule has 0 aliphatic carbocycles. The van der Waals surface area contributed by atoms with E-state index in [0.717, 1.165) is 11.4 Å². The van der Waals surface area contributed by atoms with Gasteiger partial charge in [-0.15, -0.1) is 0 Å². The van der Waals surface area contributed by atoms with Gasteiger partial charge in [0.05, 0.1) is 17.7 Å². The van der Waals surface area contributed by atoms with Crippen LogP contribution in [0.1, 0.15) is 20.7 Å². The number of rotatable bonds is 12. The number of aliphatic hydroxyl groups excluding tert-OH is 1. The molecule has 8 heteroatoms. The molecule has 174 valence electrons. The highest BCUT2D eigenvalue weighted by Crippen LogP contribution is 2.14. The fourth-order valence-corrected chi connectivity index (χ4v) is 2.97. The van der Waals surface area contributed by atoms with Crippen molar-refractivity contribution in [3.8, 4) is 0 Å². The molecule has 0 aromatic heterocycles. The van der Waals surface area contributed by atoms with E-state index in [-0.39, 0.29) is 19.8 Å². The van der Waals surface area contributed by atoms with Crippen molar-refractivity contribution >= 4 is 23.3 Å². The molecule has 32 heavy (non-hydrogen) atoms. The third kappa shape index (κ3) is 7.86. The number of aliphatic hydroxyl groups is 1. The molecule has 0 atom stereocenters. The Morgan fingerprint density at radius 2 is 1.06 bits per heavy atom. The number of ether oxygens (including phenoxy) is 2. The minimum absolute atomic E-state index is 0.0418. The van der Waals surface area contributed by atoms with Gasteiger partial charge in [-0.25, -0.2) is 9.59 Å². The Kier molecular flexibility index (Phi) is 9.97. The highest BCUT2D eigenvalue weighted by Gasteiger charge is 2.12. The number of hydrogen-bond donors (Lipinski definition) is 1. The minimum atomic E-state index is -0.396. The summed E-state index contributed by atoms with van der Waals surface area (Å²) >= 11 is 0. The fourth-order valence-electron chi connectivity index (χ4n) is 2.97. The summed E-state index contributed by atoms with van der Waals surface area (Å²) < 4.78 is 10.7. The van der Waals surface area contributed by atoms with E-state index in [1.165, 1.54) is 0 Å². The van der Waals surface area contributed by atoms with Crippen LogP contribution in [0.25, 0.3) is 0 Å². The molecule has 8 nitrogen and oxygen atoms in total. The topological polar surface area (TPSA) is 82.5 Å². The molecule has 0 radical (unpaired) electrons. The molecule has 1 N–H and O–H groups in total. The Morgan fingerprint density at radius 3 is 1.38 bits per heavy atom. The Morgan fingerprint density at radius 1 is 0.688 bits per heavy atom. The Hall–Kier alpha value is -3.10. The maximum atomic E-state index is 12.2. The van der Waals surface area contributed by atoms with Crippen molar-refractivity contribution in [3.05, 3.63) is 59.7 Å². The lowest BCUT2D eigenvalue weighted by molar-refractivity contribution is 0.0381. The van der Waals surface area contributed by atoms with Crippen LogP contribution in [-0.2, 0) is 9.47 Å². The molecule has 2 aromatic carbocycles. The second-order valence-electron chi connectivity index (χ2n) is 7.72. The quantitative estimate of drug-likeness (QED) is 0.500. The van der Waals surface area contributed by atoms with Gasteiger partial charge in [-0.2, -0.15) is 0 Å². The normalized spacial score (nSPS) is 10.7. The van der Waals surface area contributed by atoms with Crippen LogP contribution in [0.5, 0.6) is 0 Å². The van der Waals surface area contributed by atoms with Crippen molar-refractivity contribution in [2.75, 3.05) is 77.4 Å². The van der Waals surface area contributed by atoms with E-state index in [1.54, 1.807) is 24.3 Å². The molecule has 0 bridgehead atoms. The van der Waals surface area contributed by atoms with E-state index in [1.807, 2.05) is 67.2 Å². The van der Waals surface area contributed by atoms with Crippen molar-refractivity contribution in [2.24, 2.45) is 0 Å². The SMILES string of the molecule is CN(C)c1ccc(C(=O)OCCN(CCO)CCOC(=O)c2ccc(N(C)C)cc2)cc1. The van der Waals surface area contributed by atoms with Gasteiger partial charge in [0.1, 0.15) is 13.2 Å². The largest absolute Gasteiger partial charge is 0.461 e. The van der Waals surface area contributed by atoms with Crippen LogP contribution in [0.4, 0.5) is 11.4 Å². The summed E-state index contributed by atoms with van der Waals surface area (Å²) in [5, 5.41) is 9.29. The zero-order chi connectivity index (χ0) is 23.5. The van der Waals surface area contributed by atoms with Gasteiger partial charge in [-0.05, 0) is 48.5 Å². The third-order valence-corrected chi connectivity index (χ3v) is 4.94. The lowest BCUT2D eigenvalue weighted by atomic mass is 10.2. The van der Waals surface area contributed by atoms with E-state index in [2.05, 4.69) is 0 Å². The van der Waals surface area contributed by atoms with Gasteiger partial charge in [-0.3, -0.25) is 4.90 Å². The van der Waals surface area contributed by atoms with Gasteiger partial charge in [0.2, 0.25) is 0 Å². The molecule has 0 fully saturated rings. The molecule has 2 rings (SSSR count). The highest BCUT2D eigenvalue weighted by atomic mass is 16.5. The van der Waals surface area contributed by atoms with Crippen LogP contribution in [0.15, 0.2) is 48.5 Å². The summed E-state index contributed by atoms with van der Waals surface area (Å²) in [5.74, 6) is -0.793. The van der Waals surface area contributed by atoms with Gasteiger partial charge in [-0.1, -0.05) is 0 Å². The fraction of sp³-hybridized carbons (Fsp3) is 0.417. The van der Waals surface area contributed by atoms with E-state index in [0.29, 0.717) is 30.8 Å². The lowest BCUT2D eigenvalue weighted by Crippen LogP contribution is -2.34. The summed E-state index contributed by atoms with van der Waals surface area (Å²) in [6, 6.07) is 14.4. The average molecular weight is 444 g/mol. The summed E-state index contributed by atoms with van der Waals surface area (Å²) in [7, 11) is 7.73. The van der Waals surface area contributed by atoms with Crippen LogP contribution < -0.4 is 9.80 Å². The first kappa shape index (κ1) is 25.2. The Balaban J connectivity index is 1.75. The summed E-state index contributed by atoms with van der Waals surface area (Å²) in [6.45, 7) is 1.56. The molecule has 0 amide bonds. The number of anilines is 2. The smallest absolute Gasteiger partial charge is 0.338 e. The number of esters is 2. The second-order valence-corrected chi connectivity index (χ2v) is 7.72. The maximum absolute atomic E-state index is 12.2. The van der Waals surface area contributed by atoms with Crippen LogP contribution in [-0.4, -0.2) is 89.6 Å². The lowest BCUT2D eigenvalue weighted by Gasteiger charge is -2.21. The molecule has 2 aromatic rings. The monoisotopic (exact) mass is 443 g/mol. The van der Waals surface area contributed by atoms with Crippen molar-refractivity contribution < 1.29 is 24.2 Å². The molecule has 0 spiro atoms. The van der Waals surface area contributed by atoms with Crippen LogP contribution >= 0.6 is 0 Å². The van der Waals surface area contributed by atoms with E-state index < -0.39 is 11.9 Å². The standard InChI is InChI=1S/C24H33N3O5/c1-25(2)21-9-5-19(6-10-21)23(29)31-17-14-27(13-16-28)15-18-32-24(30)20-7-11-22(12-8-20)26(3)4/h5-12,28H,13-18H2,1-4H3. The predicted molar refractivity (Wildman–Crippen MR) is 126 cm³/mol. The van der Waals surface area contributed by atoms with Crippen molar-refractivity contribution in [1.82, 2.24) is 4.90 Å². The third-order valence-electron chi connectivity index (χ3n) is 4.94. The molecule has 0 aliphatic rings. The molecular weight excluding hydrogens is 410 g/mol. The molecule has 0 aliphatic heterocycles. The van der Waals surface area contributed by atoms with E-state index in [4.69, 9.17) is 9.47 Å². The van der Waals surface area contributed by atoms with Gasteiger partial charge in [0.15, 0.2) is 0 Å². The number of carbonyl (C=O) groups excluding carboxylic acids is 2. The second kappa shape index (κ2) is 12.7.